The summed E-state index contributed by atoms with van der Waals surface area (Å²) in [7, 11) is 0. The Morgan fingerprint density at radius 1 is 1.35 bits per heavy atom. The molecule has 2 N–H and O–H groups in total. The molecule has 2 rings (SSSR count). The number of nitrogens with one attached hydrogen (secondary N) is 1. The Kier molecular flexibility index (Phi) is 6.31. The maximum atomic E-state index is 12.0. The molecule has 0 saturated carbocycles. The van der Waals surface area contributed by atoms with Gasteiger partial charge in [0.2, 0.25) is 5.78 Å². The quantitative estimate of drug-likeness (QED) is 0.741. The molecule has 0 bridgehead atoms. The molecule has 1 aromatic heterocycles. The maximum Gasteiger partial charge on any atom is 0.203 e. The van der Waals surface area contributed by atoms with Crippen LogP contribution in [0.1, 0.15) is 12.5 Å². The van der Waals surface area contributed by atoms with Gasteiger partial charge in [-0.1, -0.05) is 18.2 Å². The van der Waals surface area contributed by atoms with Crippen molar-refractivity contribution < 1.29 is 14.7 Å². The number of thioether (sulfide) groups is 1. The third kappa shape index (κ3) is 5.50. The molecule has 1 aromatic rings. The first-order chi connectivity index (χ1) is 11.1. The summed E-state index contributed by atoms with van der Waals surface area (Å²) in [5.41, 5.74) is 1.21. The average molecular weight is 330 g/mol. The van der Waals surface area contributed by atoms with E-state index in [0.29, 0.717) is 10.7 Å². The summed E-state index contributed by atoms with van der Waals surface area (Å²) >= 11 is 1.32. The summed E-state index contributed by atoms with van der Waals surface area (Å²) in [6.45, 7) is 1.84. The lowest BCUT2D eigenvalue weighted by molar-refractivity contribution is -0.115. The van der Waals surface area contributed by atoms with E-state index >= 15 is 0 Å². The van der Waals surface area contributed by atoms with Crippen LogP contribution in [-0.2, 0) is 9.59 Å². The van der Waals surface area contributed by atoms with E-state index in [0.717, 1.165) is 5.56 Å². The number of allylic oxidation sites excluding steroid dienone is 3. The van der Waals surface area contributed by atoms with E-state index in [-0.39, 0.29) is 23.8 Å². The molecule has 0 fully saturated rings. The highest BCUT2D eigenvalue weighted by atomic mass is 32.2. The topological polar surface area (TPSA) is 79.3 Å². The molecule has 1 unspecified atom stereocenters. The highest BCUT2D eigenvalue weighted by Gasteiger charge is 2.20. The molecule has 1 atom stereocenters. The number of carbonyl (C=O) groups is 2. The third-order valence-corrected chi connectivity index (χ3v) is 3.95. The Labute approximate surface area is 139 Å². The van der Waals surface area contributed by atoms with Gasteiger partial charge in [0.1, 0.15) is 0 Å². The molecule has 0 aliphatic heterocycles. The van der Waals surface area contributed by atoms with Gasteiger partial charge in [0.15, 0.2) is 5.78 Å². The first-order valence-electron chi connectivity index (χ1n) is 7.19. The Hall–Kier alpha value is -2.18. The molecular weight excluding hydrogens is 312 g/mol. The monoisotopic (exact) mass is 330 g/mol. The van der Waals surface area contributed by atoms with Crippen LogP contribution >= 0.6 is 11.8 Å². The first-order valence-corrected chi connectivity index (χ1v) is 8.18. The number of aromatic nitrogens is 1. The normalized spacial score (nSPS) is 16.3. The van der Waals surface area contributed by atoms with Crippen molar-refractivity contribution in [3.8, 4) is 0 Å². The third-order valence-electron chi connectivity index (χ3n) is 2.96. The zero-order valence-electron chi connectivity index (χ0n) is 12.7. The van der Waals surface area contributed by atoms with Gasteiger partial charge in [0.25, 0.3) is 0 Å². The van der Waals surface area contributed by atoms with Gasteiger partial charge in [-0.05, 0) is 18.6 Å². The summed E-state index contributed by atoms with van der Waals surface area (Å²) in [5.74, 6) is 0.144. The SMILES string of the molecule is CC(O)CNC1=CC(=O)C(SC/C=C/c2cccnc2)=CC1=O. The lowest BCUT2D eigenvalue weighted by atomic mass is 10.1. The van der Waals surface area contributed by atoms with E-state index in [1.807, 2.05) is 24.3 Å². The van der Waals surface area contributed by atoms with Crippen molar-refractivity contribution in [1.29, 1.82) is 0 Å². The highest BCUT2D eigenvalue weighted by Crippen LogP contribution is 2.22. The molecule has 0 aromatic carbocycles. The van der Waals surface area contributed by atoms with Crippen LogP contribution in [0, 0.1) is 0 Å². The second kappa shape index (κ2) is 8.45. The Morgan fingerprint density at radius 2 is 2.17 bits per heavy atom. The summed E-state index contributed by atoms with van der Waals surface area (Å²) in [5, 5.41) is 12.0. The van der Waals surface area contributed by atoms with E-state index in [9.17, 15) is 14.7 Å². The number of hydrogen-bond acceptors (Lipinski definition) is 6. The Balaban J connectivity index is 1.87. The number of aliphatic hydroxyl groups excluding tert-OH is 1. The molecule has 1 heterocycles. The van der Waals surface area contributed by atoms with Crippen molar-refractivity contribution >= 4 is 29.4 Å². The molecule has 120 valence electrons. The smallest absolute Gasteiger partial charge is 0.203 e. The van der Waals surface area contributed by atoms with Gasteiger partial charge in [-0.2, -0.15) is 0 Å². The van der Waals surface area contributed by atoms with Crippen LogP contribution in [0.5, 0.6) is 0 Å². The van der Waals surface area contributed by atoms with E-state index in [2.05, 4.69) is 10.3 Å². The van der Waals surface area contributed by atoms with Crippen molar-refractivity contribution in [1.82, 2.24) is 10.3 Å². The predicted molar refractivity (Wildman–Crippen MR) is 91.6 cm³/mol. The number of aliphatic hydroxyl groups is 1. The van der Waals surface area contributed by atoms with Gasteiger partial charge in [-0.25, -0.2) is 0 Å². The first kappa shape index (κ1) is 17.2. The zero-order valence-corrected chi connectivity index (χ0v) is 13.5. The van der Waals surface area contributed by atoms with Gasteiger partial charge < -0.3 is 10.4 Å². The summed E-state index contributed by atoms with van der Waals surface area (Å²) in [6, 6.07) is 3.79. The van der Waals surface area contributed by atoms with Crippen LogP contribution in [0.15, 0.2) is 53.4 Å². The zero-order chi connectivity index (χ0) is 16.7. The fraction of sp³-hybridized carbons (Fsp3) is 0.235. The lowest BCUT2D eigenvalue weighted by Gasteiger charge is -2.14. The van der Waals surface area contributed by atoms with Gasteiger partial charge in [-0.3, -0.25) is 14.6 Å². The van der Waals surface area contributed by atoms with E-state index in [1.165, 1.54) is 23.9 Å². The van der Waals surface area contributed by atoms with Crippen molar-refractivity contribution in [3.05, 3.63) is 58.9 Å². The van der Waals surface area contributed by atoms with Crippen LogP contribution < -0.4 is 5.32 Å². The molecule has 0 saturated heterocycles. The van der Waals surface area contributed by atoms with Gasteiger partial charge in [0, 0.05) is 36.8 Å². The van der Waals surface area contributed by atoms with Crippen LogP contribution in [-0.4, -0.2) is 40.1 Å². The minimum atomic E-state index is -0.587. The van der Waals surface area contributed by atoms with Gasteiger partial charge >= 0.3 is 0 Å². The maximum absolute atomic E-state index is 12.0. The van der Waals surface area contributed by atoms with E-state index in [4.69, 9.17) is 0 Å². The number of carbonyl (C=O) groups excluding carboxylic acids is 2. The number of ketones is 2. The Morgan fingerprint density at radius 3 is 2.87 bits per heavy atom. The molecule has 1 aliphatic rings. The summed E-state index contributed by atoms with van der Waals surface area (Å²) < 4.78 is 0. The molecule has 23 heavy (non-hydrogen) atoms. The average Bonchev–Trinajstić information content (AvgIpc) is 2.53. The number of nitrogens with zero attached hydrogens (tertiary/aromatic N) is 1. The molecule has 5 nitrogen and oxygen atoms in total. The van der Waals surface area contributed by atoms with Crippen LogP contribution in [0.25, 0.3) is 6.08 Å². The molecule has 1 aliphatic carbocycles. The molecule has 0 spiro atoms. The second-order valence-corrected chi connectivity index (χ2v) is 6.09. The Bertz CT molecular complexity index is 664. The van der Waals surface area contributed by atoms with Crippen molar-refractivity contribution in [3.63, 3.8) is 0 Å². The molecule has 0 amide bonds. The largest absolute Gasteiger partial charge is 0.392 e. The van der Waals surface area contributed by atoms with Crippen LogP contribution in [0.2, 0.25) is 0 Å². The van der Waals surface area contributed by atoms with Crippen molar-refractivity contribution in [2.75, 3.05) is 12.3 Å². The van der Waals surface area contributed by atoms with E-state index < -0.39 is 6.10 Å². The highest BCUT2D eigenvalue weighted by molar-refractivity contribution is 8.04. The fourth-order valence-electron chi connectivity index (χ4n) is 1.85. The van der Waals surface area contributed by atoms with Gasteiger partial charge in [-0.15, -0.1) is 11.8 Å². The standard InChI is InChI=1S/C17H18N2O3S/c1-12(20)10-19-14-8-16(22)17(9-15(14)21)23-7-3-5-13-4-2-6-18-11-13/h2-6,8-9,11-12,19-20H,7,10H2,1H3/b5-3+. The second-order valence-electron chi connectivity index (χ2n) is 5.02. The van der Waals surface area contributed by atoms with Crippen molar-refractivity contribution in [2.45, 2.75) is 13.0 Å². The van der Waals surface area contributed by atoms with Crippen LogP contribution in [0.3, 0.4) is 0 Å². The molecule has 6 heteroatoms. The van der Waals surface area contributed by atoms with E-state index in [1.54, 1.807) is 19.3 Å². The summed E-state index contributed by atoms with van der Waals surface area (Å²) in [4.78, 5) is 28.4. The minimum Gasteiger partial charge on any atom is -0.392 e. The minimum absolute atomic E-state index is 0.197. The van der Waals surface area contributed by atoms with Crippen LogP contribution in [0.4, 0.5) is 0 Å². The fourth-order valence-corrected chi connectivity index (χ4v) is 2.61. The number of rotatable bonds is 7. The molecular formula is C17H18N2O3S. The molecule has 0 radical (unpaired) electrons. The van der Waals surface area contributed by atoms with Gasteiger partial charge in [0.05, 0.1) is 16.7 Å². The number of pyridine rings is 1. The predicted octanol–water partition coefficient (Wildman–Crippen LogP) is 1.72. The number of hydrogen-bond donors (Lipinski definition) is 2. The lowest BCUT2D eigenvalue weighted by Crippen LogP contribution is -2.29. The summed E-state index contributed by atoms with van der Waals surface area (Å²) in [6.07, 6.45) is 9.34. The van der Waals surface area contributed by atoms with Crippen molar-refractivity contribution in [2.24, 2.45) is 0 Å².